The molecule has 1 aromatic heterocycles. The number of hydrogen-bond donors (Lipinski definition) is 2. The summed E-state index contributed by atoms with van der Waals surface area (Å²) in [6.07, 6.45) is 5.04. The Morgan fingerprint density at radius 2 is 1.74 bits per heavy atom. The fourth-order valence-electron chi connectivity index (χ4n) is 4.73. The summed E-state index contributed by atoms with van der Waals surface area (Å²) < 4.78 is 7.04. The van der Waals surface area contributed by atoms with Gasteiger partial charge in [0.1, 0.15) is 16.9 Å². The van der Waals surface area contributed by atoms with E-state index in [1.165, 1.54) is 0 Å². The minimum atomic E-state index is -1.12. The third-order valence-electron chi connectivity index (χ3n) is 6.36. The molecule has 1 aliphatic heterocycles. The monoisotopic (exact) mass is 423 g/mol. The van der Waals surface area contributed by atoms with Gasteiger partial charge in [-0.25, -0.2) is 0 Å². The van der Waals surface area contributed by atoms with E-state index in [1.807, 2.05) is 35.0 Å². The molecule has 1 fully saturated rings. The summed E-state index contributed by atoms with van der Waals surface area (Å²) in [4.78, 5) is 37.3. The molecule has 2 N–H and O–H groups in total. The highest BCUT2D eigenvalue weighted by Crippen LogP contribution is 2.45. The van der Waals surface area contributed by atoms with Crippen LogP contribution in [-0.2, 0) is 19.9 Å². The lowest BCUT2D eigenvalue weighted by atomic mass is 9.73. The lowest BCUT2D eigenvalue weighted by Gasteiger charge is -2.41. The number of carboxylic acids is 1. The highest BCUT2D eigenvalue weighted by atomic mass is 16.5. The number of Topliss-reactive ketones (excluding diaryl/α,β-unsaturated/α-hetero) is 2. The second-order valence-corrected chi connectivity index (χ2v) is 8.17. The molecule has 4 rings (SSSR count). The number of rotatable bonds is 6. The summed E-state index contributed by atoms with van der Waals surface area (Å²) in [5.74, 6) is -1.77. The third-order valence-corrected chi connectivity index (χ3v) is 6.36. The van der Waals surface area contributed by atoms with Crippen LogP contribution in [0.4, 0.5) is 0 Å². The van der Waals surface area contributed by atoms with Crippen molar-refractivity contribution in [1.82, 2.24) is 4.57 Å². The minimum absolute atomic E-state index is 0.255. The Bertz CT molecular complexity index is 1070. The van der Waals surface area contributed by atoms with E-state index in [0.29, 0.717) is 18.5 Å². The zero-order chi connectivity index (χ0) is 22.2. The summed E-state index contributed by atoms with van der Waals surface area (Å²) in [5.41, 5.74) is 0.966. The first kappa shape index (κ1) is 20.9. The summed E-state index contributed by atoms with van der Waals surface area (Å²) in [6.45, 7) is 0. The Labute approximate surface area is 180 Å². The van der Waals surface area contributed by atoms with Crippen molar-refractivity contribution in [3.8, 4) is 16.9 Å². The van der Waals surface area contributed by atoms with E-state index in [0.717, 1.165) is 36.1 Å². The normalized spacial score (nSPS) is 17.5. The first-order valence-corrected chi connectivity index (χ1v) is 10.5. The summed E-state index contributed by atoms with van der Waals surface area (Å²) in [5, 5.41) is 19.9. The number of carbonyl (C=O) groups is 3. The number of ether oxygens (including phenoxy) is 1. The fourth-order valence-corrected chi connectivity index (χ4v) is 4.73. The molecular weight excluding hydrogens is 398 g/mol. The Balaban J connectivity index is 1.83. The van der Waals surface area contributed by atoms with Crippen LogP contribution in [-0.4, -0.2) is 39.4 Å². The molecule has 1 aromatic carbocycles. The maximum Gasteiger partial charge on any atom is 0.303 e. The molecule has 0 saturated heterocycles. The first-order chi connectivity index (χ1) is 14.9. The van der Waals surface area contributed by atoms with Crippen LogP contribution in [0.25, 0.3) is 16.9 Å². The van der Waals surface area contributed by atoms with Gasteiger partial charge in [-0.2, -0.15) is 0 Å². The van der Waals surface area contributed by atoms with Gasteiger partial charge in [-0.3, -0.25) is 14.4 Å². The number of nitrogens with zero attached hydrogens (tertiary/aromatic N) is 1. The zero-order valence-electron chi connectivity index (χ0n) is 17.4. The van der Waals surface area contributed by atoms with E-state index < -0.39 is 23.1 Å². The molecule has 1 saturated carbocycles. The number of ketones is 2. The highest BCUT2D eigenvalue weighted by Gasteiger charge is 2.49. The maximum absolute atomic E-state index is 13.6. The van der Waals surface area contributed by atoms with Gasteiger partial charge in [-0.05, 0) is 36.6 Å². The Kier molecular flexibility index (Phi) is 5.43. The van der Waals surface area contributed by atoms with Crippen LogP contribution < -0.4 is 4.74 Å². The van der Waals surface area contributed by atoms with Crippen molar-refractivity contribution < 1.29 is 29.3 Å². The fraction of sp³-hybridized carbons (Fsp3) is 0.375. The summed E-state index contributed by atoms with van der Waals surface area (Å²) in [6, 6.07) is 9.25. The number of aliphatic hydroxyl groups excluding tert-OH is 1. The van der Waals surface area contributed by atoms with Crippen LogP contribution in [0.5, 0.6) is 5.75 Å². The van der Waals surface area contributed by atoms with Crippen molar-refractivity contribution in [1.29, 1.82) is 0 Å². The number of benzene rings is 1. The summed E-state index contributed by atoms with van der Waals surface area (Å²) >= 11 is 0. The van der Waals surface area contributed by atoms with Gasteiger partial charge in [0.2, 0.25) is 0 Å². The standard InChI is InChI=1S/C24H25NO6/c1-31-17-7-5-15(6-8-17)16-13-18-22(29)21(19(26)9-10-20(27)28)23(30)24(25(18)14-16)11-3-2-4-12-24/h5-8,13-14,29H,2-4,9-12H2,1H3,(H,27,28). The molecule has 2 heterocycles. The van der Waals surface area contributed by atoms with Crippen LogP contribution in [0, 0.1) is 0 Å². The number of hydrogen-bond acceptors (Lipinski definition) is 5. The van der Waals surface area contributed by atoms with Gasteiger partial charge in [0, 0.05) is 18.2 Å². The van der Waals surface area contributed by atoms with E-state index in [-0.39, 0.29) is 24.2 Å². The van der Waals surface area contributed by atoms with E-state index in [1.54, 1.807) is 13.2 Å². The van der Waals surface area contributed by atoms with Gasteiger partial charge in [-0.15, -0.1) is 0 Å². The Morgan fingerprint density at radius 3 is 2.35 bits per heavy atom. The maximum atomic E-state index is 13.6. The molecule has 1 spiro atoms. The Hall–Kier alpha value is -3.35. The smallest absolute Gasteiger partial charge is 0.303 e. The van der Waals surface area contributed by atoms with Crippen molar-refractivity contribution in [3.63, 3.8) is 0 Å². The molecular formula is C24H25NO6. The zero-order valence-corrected chi connectivity index (χ0v) is 17.4. The molecule has 0 unspecified atom stereocenters. The molecule has 162 valence electrons. The highest BCUT2D eigenvalue weighted by molar-refractivity contribution is 6.27. The van der Waals surface area contributed by atoms with Crippen LogP contribution in [0.15, 0.2) is 42.1 Å². The van der Waals surface area contributed by atoms with Gasteiger partial charge in [0.25, 0.3) is 0 Å². The first-order valence-electron chi connectivity index (χ1n) is 10.5. The number of aliphatic hydroxyl groups is 1. The molecule has 0 bridgehead atoms. The molecule has 1 aliphatic carbocycles. The second-order valence-electron chi connectivity index (χ2n) is 8.17. The molecule has 7 nitrogen and oxygen atoms in total. The van der Waals surface area contributed by atoms with Gasteiger partial charge in [0.05, 0.1) is 19.2 Å². The molecule has 2 aromatic rings. The molecule has 0 atom stereocenters. The number of carboxylic acid groups (broad SMARTS) is 1. The van der Waals surface area contributed by atoms with E-state index in [2.05, 4.69) is 0 Å². The largest absolute Gasteiger partial charge is 0.505 e. The molecule has 2 aliphatic rings. The summed E-state index contributed by atoms with van der Waals surface area (Å²) in [7, 11) is 1.59. The minimum Gasteiger partial charge on any atom is -0.505 e. The number of methoxy groups -OCH3 is 1. The SMILES string of the molecule is COc1ccc(-c2cc3n(c2)C2(CCCCC2)C(=O)C(C(=O)CCC(=O)O)=C3O)cc1. The second kappa shape index (κ2) is 8.06. The van der Waals surface area contributed by atoms with Crippen molar-refractivity contribution in [2.45, 2.75) is 50.5 Å². The average molecular weight is 423 g/mol. The van der Waals surface area contributed by atoms with Crippen molar-refractivity contribution in [3.05, 3.63) is 47.8 Å². The van der Waals surface area contributed by atoms with E-state index >= 15 is 0 Å². The quantitative estimate of drug-likeness (QED) is 0.678. The predicted molar refractivity (Wildman–Crippen MR) is 114 cm³/mol. The third kappa shape index (κ3) is 3.54. The predicted octanol–water partition coefficient (Wildman–Crippen LogP) is 4.11. The van der Waals surface area contributed by atoms with E-state index in [4.69, 9.17) is 9.84 Å². The van der Waals surface area contributed by atoms with Gasteiger partial charge >= 0.3 is 5.97 Å². The number of aromatic nitrogens is 1. The number of carbonyl (C=O) groups excluding carboxylic acids is 2. The van der Waals surface area contributed by atoms with Crippen LogP contribution >= 0.6 is 0 Å². The molecule has 0 radical (unpaired) electrons. The number of fused-ring (bicyclic) bond motifs is 2. The van der Waals surface area contributed by atoms with Gasteiger partial charge < -0.3 is 19.5 Å². The number of aliphatic carboxylic acids is 1. The van der Waals surface area contributed by atoms with E-state index in [9.17, 15) is 19.5 Å². The molecule has 31 heavy (non-hydrogen) atoms. The van der Waals surface area contributed by atoms with Crippen molar-refractivity contribution in [2.75, 3.05) is 7.11 Å². The molecule has 0 amide bonds. The lowest BCUT2D eigenvalue weighted by Crippen LogP contribution is -2.48. The number of allylic oxidation sites excluding steroid dienone is 1. The van der Waals surface area contributed by atoms with Gasteiger partial charge in [0.15, 0.2) is 17.3 Å². The topological polar surface area (TPSA) is 106 Å². The molecule has 7 heteroatoms. The van der Waals surface area contributed by atoms with Crippen LogP contribution in [0.3, 0.4) is 0 Å². The van der Waals surface area contributed by atoms with Gasteiger partial charge in [-0.1, -0.05) is 31.4 Å². The van der Waals surface area contributed by atoms with Crippen LogP contribution in [0.2, 0.25) is 0 Å². The van der Waals surface area contributed by atoms with Crippen molar-refractivity contribution in [2.24, 2.45) is 0 Å². The Morgan fingerprint density at radius 1 is 1.06 bits per heavy atom. The van der Waals surface area contributed by atoms with Crippen LogP contribution in [0.1, 0.15) is 50.6 Å². The van der Waals surface area contributed by atoms with Crippen molar-refractivity contribution >= 4 is 23.3 Å². The lowest BCUT2D eigenvalue weighted by molar-refractivity contribution is -0.138. The average Bonchev–Trinajstić information content (AvgIpc) is 3.24.